The highest BCUT2D eigenvalue weighted by atomic mass is 35.5. The average Bonchev–Trinajstić information content (AvgIpc) is 2.93. The van der Waals surface area contributed by atoms with Crippen LogP contribution < -0.4 is 4.72 Å². The number of carbonyl (C=O) groups is 1. The van der Waals surface area contributed by atoms with Crippen molar-refractivity contribution in [1.29, 1.82) is 0 Å². The minimum atomic E-state index is -3.74. The maximum absolute atomic E-state index is 12.6. The van der Waals surface area contributed by atoms with Crippen LogP contribution in [0.1, 0.15) is 18.5 Å². The zero-order chi connectivity index (χ0) is 18.9. The van der Waals surface area contributed by atoms with Gasteiger partial charge in [-0.1, -0.05) is 29.8 Å². The van der Waals surface area contributed by atoms with Crippen LogP contribution in [0.25, 0.3) is 10.9 Å². The molecule has 2 N–H and O–H groups in total. The van der Waals surface area contributed by atoms with E-state index in [2.05, 4.69) is 4.72 Å². The van der Waals surface area contributed by atoms with Gasteiger partial charge in [0.15, 0.2) is 0 Å². The van der Waals surface area contributed by atoms with Crippen LogP contribution in [0.15, 0.2) is 59.6 Å². The fourth-order valence-corrected chi connectivity index (χ4v) is 4.22. The summed E-state index contributed by atoms with van der Waals surface area (Å²) in [5.74, 6) is -0.966. The summed E-state index contributed by atoms with van der Waals surface area (Å²) < 4.78 is 29.4. The number of sulfonamides is 1. The molecule has 1 heterocycles. The smallest absolute Gasteiger partial charge is 0.323 e. The zero-order valence-corrected chi connectivity index (χ0v) is 15.5. The summed E-state index contributed by atoms with van der Waals surface area (Å²) in [5, 5.41) is 10.3. The minimum Gasteiger partial charge on any atom is -0.480 e. The molecule has 1 aromatic heterocycles. The molecule has 0 amide bonds. The molecule has 8 heteroatoms. The largest absolute Gasteiger partial charge is 0.480 e. The zero-order valence-electron chi connectivity index (χ0n) is 13.9. The lowest BCUT2D eigenvalue weighted by atomic mass is 10.1. The van der Waals surface area contributed by atoms with Crippen molar-refractivity contribution in [3.8, 4) is 0 Å². The van der Waals surface area contributed by atoms with E-state index in [-0.39, 0.29) is 11.4 Å². The van der Waals surface area contributed by atoms with Crippen LogP contribution in [0, 0.1) is 0 Å². The molecule has 0 bridgehead atoms. The van der Waals surface area contributed by atoms with Gasteiger partial charge in [-0.3, -0.25) is 4.79 Å². The van der Waals surface area contributed by atoms with E-state index in [0.29, 0.717) is 10.6 Å². The maximum atomic E-state index is 12.6. The Bertz CT molecular complexity index is 1060. The van der Waals surface area contributed by atoms with Crippen molar-refractivity contribution in [2.75, 3.05) is 0 Å². The molecule has 136 valence electrons. The molecule has 6 nitrogen and oxygen atoms in total. The molecule has 3 rings (SSSR count). The van der Waals surface area contributed by atoms with Gasteiger partial charge in [0.2, 0.25) is 10.0 Å². The molecule has 0 fully saturated rings. The lowest BCUT2D eigenvalue weighted by molar-refractivity contribution is -0.137. The summed E-state index contributed by atoms with van der Waals surface area (Å²) in [4.78, 5) is 11.2. The Hall–Kier alpha value is -2.35. The predicted molar refractivity (Wildman–Crippen MR) is 99.8 cm³/mol. The van der Waals surface area contributed by atoms with E-state index in [1.165, 1.54) is 24.3 Å². The van der Waals surface area contributed by atoms with Crippen molar-refractivity contribution in [3.63, 3.8) is 0 Å². The number of benzene rings is 2. The van der Waals surface area contributed by atoms with Crippen molar-refractivity contribution in [2.24, 2.45) is 0 Å². The second-order valence-electron chi connectivity index (χ2n) is 5.92. The third kappa shape index (κ3) is 3.75. The molecule has 26 heavy (non-hydrogen) atoms. The molecular formula is C18H17ClN2O4S. The van der Waals surface area contributed by atoms with E-state index < -0.39 is 22.0 Å². The molecule has 0 aliphatic rings. The highest BCUT2D eigenvalue weighted by molar-refractivity contribution is 7.89. The lowest BCUT2D eigenvalue weighted by Crippen LogP contribution is -2.26. The number of para-hydroxylation sites is 1. The molecular weight excluding hydrogens is 376 g/mol. The van der Waals surface area contributed by atoms with E-state index in [9.17, 15) is 13.2 Å². The minimum absolute atomic E-state index is 0.114. The van der Waals surface area contributed by atoms with Crippen LogP contribution in [0.4, 0.5) is 0 Å². The number of rotatable bonds is 6. The van der Waals surface area contributed by atoms with E-state index in [1.807, 2.05) is 24.3 Å². The van der Waals surface area contributed by atoms with Crippen LogP contribution in [0.2, 0.25) is 5.02 Å². The standard InChI is InChI=1S/C18H17ClN2O4S/c1-12(20-26(24,25)14-8-6-13(19)7-9-14)16-10-21(11-18(22)23)17-5-3-2-4-15(16)17/h2-10,12,20H,11H2,1H3,(H,22,23). The fraction of sp³-hybridized carbons (Fsp3) is 0.167. The van der Waals surface area contributed by atoms with Crippen LogP contribution >= 0.6 is 11.6 Å². The van der Waals surface area contributed by atoms with Gasteiger partial charge in [-0.2, -0.15) is 0 Å². The number of halogens is 1. The van der Waals surface area contributed by atoms with E-state index in [4.69, 9.17) is 16.7 Å². The number of hydrogen-bond donors (Lipinski definition) is 2. The van der Waals surface area contributed by atoms with Crippen molar-refractivity contribution >= 4 is 38.5 Å². The summed E-state index contributed by atoms with van der Waals surface area (Å²) in [6.07, 6.45) is 1.67. The van der Waals surface area contributed by atoms with Gasteiger partial charge in [-0.15, -0.1) is 0 Å². The Morgan fingerprint density at radius 3 is 2.50 bits per heavy atom. The highest BCUT2D eigenvalue weighted by Gasteiger charge is 2.21. The van der Waals surface area contributed by atoms with E-state index in [1.54, 1.807) is 17.7 Å². The van der Waals surface area contributed by atoms with Gasteiger partial charge < -0.3 is 9.67 Å². The molecule has 2 aromatic carbocycles. The second-order valence-corrected chi connectivity index (χ2v) is 8.07. The summed E-state index contributed by atoms with van der Waals surface area (Å²) in [7, 11) is -3.74. The number of carboxylic acid groups (broad SMARTS) is 1. The second kappa shape index (κ2) is 7.11. The highest BCUT2D eigenvalue weighted by Crippen LogP contribution is 2.28. The van der Waals surface area contributed by atoms with Crippen molar-refractivity contribution in [3.05, 3.63) is 65.3 Å². The first-order valence-electron chi connectivity index (χ1n) is 7.85. The number of nitrogens with one attached hydrogen (secondary N) is 1. The molecule has 1 atom stereocenters. The number of carboxylic acids is 1. The lowest BCUT2D eigenvalue weighted by Gasteiger charge is -2.14. The Balaban J connectivity index is 1.96. The quantitative estimate of drug-likeness (QED) is 0.672. The summed E-state index contributed by atoms with van der Waals surface area (Å²) in [6.45, 7) is 1.53. The van der Waals surface area contributed by atoms with Crippen molar-refractivity contribution < 1.29 is 18.3 Å². The maximum Gasteiger partial charge on any atom is 0.323 e. The van der Waals surface area contributed by atoms with Gasteiger partial charge in [0, 0.05) is 28.2 Å². The monoisotopic (exact) mass is 392 g/mol. The van der Waals surface area contributed by atoms with Crippen LogP contribution in [-0.2, 0) is 21.4 Å². The molecule has 0 spiro atoms. The summed E-state index contributed by atoms with van der Waals surface area (Å²) in [5.41, 5.74) is 1.45. The SMILES string of the molecule is CC(NS(=O)(=O)c1ccc(Cl)cc1)c1cn(CC(=O)O)c2ccccc12. The third-order valence-corrected chi connectivity index (χ3v) is 5.86. The van der Waals surface area contributed by atoms with E-state index in [0.717, 1.165) is 10.9 Å². The topological polar surface area (TPSA) is 88.4 Å². The number of hydrogen-bond acceptors (Lipinski definition) is 3. The predicted octanol–water partition coefficient (Wildman–Crippen LogP) is 3.42. The van der Waals surface area contributed by atoms with Gasteiger partial charge >= 0.3 is 5.97 Å². The molecule has 0 radical (unpaired) electrons. The summed E-state index contributed by atoms with van der Waals surface area (Å²) in [6, 6.07) is 12.6. The Labute approximate surface area is 156 Å². The van der Waals surface area contributed by atoms with Crippen LogP contribution in [0.3, 0.4) is 0 Å². The first-order valence-corrected chi connectivity index (χ1v) is 9.71. The van der Waals surface area contributed by atoms with Gasteiger partial charge in [0.1, 0.15) is 6.54 Å². The molecule has 0 saturated carbocycles. The molecule has 0 saturated heterocycles. The van der Waals surface area contributed by atoms with Crippen LogP contribution in [-0.4, -0.2) is 24.1 Å². The van der Waals surface area contributed by atoms with Crippen molar-refractivity contribution in [1.82, 2.24) is 9.29 Å². The van der Waals surface area contributed by atoms with Gasteiger partial charge in [-0.05, 0) is 42.8 Å². The number of aromatic nitrogens is 1. The fourth-order valence-electron chi connectivity index (χ4n) is 2.87. The Morgan fingerprint density at radius 2 is 1.85 bits per heavy atom. The molecule has 3 aromatic rings. The first kappa shape index (κ1) is 18.4. The van der Waals surface area contributed by atoms with Gasteiger partial charge in [0.25, 0.3) is 0 Å². The molecule has 0 aliphatic heterocycles. The number of nitrogens with zero attached hydrogens (tertiary/aromatic N) is 1. The average molecular weight is 393 g/mol. The third-order valence-electron chi connectivity index (χ3n) is 4.05. The van der Waals surface area contributed by atoms with Gasteiger partial charge in [0.05, 0.1) is 4.90 Å². The van der Waals surface area contributed by atoms with Crippen LogP contribution in [0.5, 0.6) is 0 Å². The number of fused-ring (bicyclic) bond motifs is 1. The molecule has 0 aliphatic carbocycles. The van der Waals surface area contributed by atoms with Gasteiger partial charge in [-0.25, -0.2) is 13.1 Å². The van der Waals surface area contributed by atoms with E-state index >= 15 is 0 Å². The normalized spacial score (nSPS) is 13.0. The molecule has 1 unspecified atom stereocenters. The Kier molecular flexibility index (Phi) is 5.04. The Morgan fingerprint density at radius 1 is 1.19 bits per heavy atom. The number of aliphatic carboxylic acids is 1. The first-order chi connectivity index (χ1) is 12.3. The summed E-state index contributed by atoms with van der Waals surface area (Å²) >= 11 is 5.81. The van der Waals surface area contributed by atoms with Crippen molar-refractivity contribution in [2.45, 2.75) is 24.4 Å².